The van der Waals surface area contributed by atoms with E-state index in [-0.39, 0.29) is 11.6 Å². The molecule has 118 valence electrons. The van der Waals surface area contributed by atoms with Gasteiger partial charge in [0.05, 0.1) is 18.4 Å². The second kappa shape index (κ2) is 6.24. The Morgan fingerprint density at radius 2 is 2.14 bits per heavy atom. The van der Waals surface area contributed by atoms with Crippen LogP contribution in [0.1, 0.15) is 11.3 Å². The normalized spacial score (nSPS) is 11.8. The molecule has 0 fully saturated rings. The molecule has 0 aliphatic heterocycles. The Balaban J connectivity index is 2.42. The number of carboxylic acids is 1. The smallest absolute Gasteiger partial charge is 0.318 e. The summed E-state index contributed by atoms with van der Waals surface area (Å²) in [7, 11) is -2.50. The molecule has 0 amide bonds. The van der Waals surface area contributed by atoms with Crippen molar-refractivity contribution in [3.63, 3.8) is 0 Å². The van der Waals surface area contributed by atoms with Gasteiger partial charge >= 0.3 is 5.97 Å². The van der Waals surface area contributed by atoms with E-state index in [0.717, 1.165) is 4.31 Å². The second-order valence-electron chi connectivity index (χ2n) is 4.74. The number of carbonyl (C=O) groups is 1. The Morgan fingerprint density at radius 3 is 2.64 bits per heavy atom. The fourth-order valence-electron chi connectivity index (χ4n) is 2.08. The Bertz CT molecular complexity index is 751. The van der Waals surface area contributed by atoms with E-state index in [1.54, 1.807) is 25.1 Å². The number of hydrogen-bond donors (Lipinski definition) is 1. The molecule has 1 N–H and O–H groups in total. The topological polar surface area (TPSA) is 105 Å². The van der Waals surface area contributed by atoms with Gasteiger partial charge in [-0.3, -0.25) is 14.5 Å². The summed E-state index contributed by atoms with van der Waals surface area (Å²) in [5.41, 5.74) is 0.922. The number of aryl methyl sites for hydroxylation is 2. The zero-order valence-electron chi connectivity index (χ0n) is 12.2. The van der Waals surface area contributed by atoms with Gasteiger partial charge in [0.25, 0.3) is 10.0 Å². The average Bonchev–Trinajstić information content (AvgIpc) is 2.78. The van der Waals surface area contributed by atoms with Crippen LogP contribution >= 0.6 is 0 Å². The standard InChI is InChI=1S/C13H16N4O4S/c1-10-7-15-16(2)13(10)22(20,21)17(9-12(18)19)8-11-5-3-4-6-14-11/h3-7H,8-9H2,1-2H3,(H,18,19). The zero-order valence-corrected chi connectivity index (χ0v) is 13.0. The van der Waals surface area contributed by atoms with Crippen LogP contribution in [-0.2, 0) is 28.4 Å². The van der Waals surface area contributed by atoms with Crippen molar-refractivity contribution >= 4 is 16.0 Å². The summed E-state index contributed by atoms with van der Waals surface area (Å²) >= 11 is 0. The van der Waals surface area contributed by atoms with Crippen molar-refractivity contribution in [1.29, 1.82) is 0 Å². The molecule has 22 heavy (non-hydrogen) atoms. The lowest BCUT2D eigenvalue weighted by Gasteiger charge is -2.20. The zero-order chi connectivity index (χ0) is 16.3. The molecule has 0 aliphatic carbocycles. The van der Waals surface area contributed by atoms with Gasteiger partial charge < -0.3 is 5.11 Å². The number of sulfonamides is 1. The van der Waals surface area contributed by atoms with Crippen LogP contribution < -0.4 is 0 Å². The van der Waals surface area contributed by atoms with Crippen LogP contribution in [0.5, 0.6) is 0 Å². The van der Waals surface area contributed by atoms with E-state index in [0.29, 0.717) is 11.3 Å². The highest BCUT2D eigenvalue weighted by Crippen LogP contribution is 2.20. The Kier molecular flexibility index (Phi) is 4.57. The van der Waals surface area contributed by atoms with Crippen molar-refractivity contribution in [2.75, 3.05) is 6.54 Å². The lowest BCUT2D eigenvalue weighted by Crippen LogP contribution is -2.36. The fraction of sp³-hybridized carbons (Fsp3) is 0.308. The highest BCUT2D eigenvalue weighted by atomic mass is 32.2. The number of hydrogen-bond acceptors (Lipinski definition) is 5. The largest absolute Gasteiger partial charge is 0.480 e. The first-order chi connectivity index (χ1) is 10.3. The molecule has 2 aromatic rings. The highest BCUT2D eigenvalue weighted by molar-refractivity contribution is 7.89. The van der Waals surface area contributed by atoms with Crippen LogP contribution in [0.3, 0.4) is 0 Å². The van der Waals surface area contributed by atoms with Crippen LogP contribution in [0, 0.1) is 6.92 Å². The molecule has 0 bridgehead atoms. The van der Waals surface area contributed by atoms with E-state index in [9.17, 15) is 13.2 Å². The summed E-state index contributed by atoms with van der Waals surface area (Å²) in [5.74, 6) is -1.24. The average molecular weight is 324 g/mol. The third-order valence-corrected chi connectivity index (χ3v) is 5.03. The minimum atomic E-state index is -4.00. The molecule has 2 aromatic heterocycles. The lowest BCUT2D eigenvalue weighted by atomic mass is 10.3. The van der Waals surface area contributed by atoms with Gasteiger partial charge in [0.2, 0.25) is 0 Å². The van der Waals surface area contributed by atoms with Gasteiger partial charge in [-0.2, -0.15) is 9.40 Å². The van der Waals surface area contributed by atoms with Crippen LogP contribution in [0.4, 0.5) is 0 Å². The summed E-state index contributed by atoms with van der Waals surface area (Å²) in [4.78, 5) is 15.1. The number of nitrogens with zero attached hydrogens (tertiary/aromatic N) is 4. The molecule has 9 heteroatoms. The first kappa shape index (κ1) is 16.1. The molecule has 0 aromatic carbocycles. The third kappa shape index (κ3) is 3.31. The Morgan fingerprint density at radius 1 is 1.41 bits per heavy atom. The molecule has 0 radical (unpaired) electrons. The molecule has 2 rings (SSSR count). The molecule has 0 aliphatic rings. The molecule has 0 atom stereocenters. The number of pyridine rings is 1. The van der Waals surface area contributed by atoms with Crippen molar-refractivity contribution in [2.24, 2.45) is 7.05 Å². The van der Waals surface area contributed by atoms with Crippen molar-refractivity contribution in [1.82, 2.24) is 19.1 Å². The van der Waals surface area contributed by atoms with E-state index in [1.807, 2.05) is 0 Å². The van der Waals surface area contributed by atoms with Crippen LogP contribution in [0.15, 0.2) is 35.6 Å². The van der Waals surface area contributed by atoms with Crippen molar-refractivity contribution < 1.29 is 18.3 Å². The maximum atomic E-state index is 12.7. The minimum Gasteiger partial charge on any atom is -0.480 e. The first-order valence-electron chi connectivity index (χ1n) is 6.43. The fourth-order valence-corrected chi connectivity index (χ4v) is 3.75. The van der Waals surface area contributed by atoms with Gasteiger partial charge in [-0.25, -0.2) is 8.42 Å². The summed E-state index contributed by atoms with van der Waals surface area (Å²) in [6.07, 6.45) is 2.95. The summed E-state index contributed by atoms with van der Waals surface area (Å²) in [6, 6.07) is 5.05. The van der Waals surface area contributed by atoms with Crippen molar-refractivity contribution in [2.45, 2.75) is 18.5 Å². The molecule has 0 saturated heterocycles. The molecule has 8 nitrogen and oxygen atoms in total. The summed E-state index contributed by atoms with van der Waals surface area (Å²) in [6.45, 7) is 0.837. The number of aromatic nitrogens is 3. The Labute approximate surface area is 128 Å². The number of rotatable bonds is 6. The van der Waals surface area contributed by atoms with Gasteiger partial charge in [-0.1, -0.05) is 6.07 Å². The maximum absolute atomic E-state index is 12.7. The first-order valence-corrected chi connectivity index (χ1v) is 7.87. The van der Waals surface area contributed by atoms with Crippen LogP contribution in [0.2, 0.25) is 0 Å². The summed E-state index contributed by atoms with van der Waals surface area (Å²) < 4.78 is 27.6. The van der Waals surface area contributed by atoms with Crippen LogP contribution in [-0.4, -0.2) is 45.1 Å². The van der Waals surface area contributed by atoms with Gasteiger partial charge in [-0.15, -0.1) is 0 Å². The van der Waals surface area contributed by atoms with E-state index >= 15 is 0 Å². The van der Waals surface area contributed by atoms with Gasteiger partial charge in [0, 0.05) is 18.8 Å². The second-order valence-corrected chi connectivity index (χ2v) is 6.60. The number of aliphatic carboxylic acids is 1. The maximum Gasteiger partial charge on any atom is 0.318 e. The molecule has 0 saturated carbocycles. The van der Waals surface area contributed by atoms with E-state index in [1.165, 1.54) is 24.1 Å². The summed E-state index contributed by atoms with van der Waals surface area (Å²) in [5, 5.41) is 12.9. The third-order valence-electron chi connectivity index (χ3n) is 3.02. The van der Waals surface area contributed by atoms with Gasteiger partial charge in [-0.05, 0) is 19.1 Å². The van der Waals surface area contributed by atoms with Crippen molar-refractivity contribution in [3.05, 3.63) is 41.9 Å². The number of carboxylic acid groups (broad SMARTS) is 1. The quantitative estimate of drug-likeness (QED) is 0.824. The van der Waals surface area contributed by atoms with E-state index < -0.39 is 22.5 Å². The molecular formula is C13H16N4O4S. The Hall–Kier alpha value is -2.26. The molecular weight excluding hydrogens is 308 g/mol. The van der Waals surface area contributed by atoms with Gasteiger partial charge in [0.1, 0.15) is 6.54 Å². The van der Waals surface area contributed by atoms with Crippen molar-refractivity contribution in [3.8, 4) is 0 Å². The SMILES string of the molecule is Cc1cnn(C)c1S(=O)(=O)N(CC(=O)O)Cc1ccccn1. The van der Waals surface area contributed by atoms with Gasteiger partial charge in [0.15, 0.2) is 5.03 Å². The van der Waals surface area contributed by atoms with Crippen LogP contribution in [0.25, 0.3) is 0 Å². The monoisotopic (exact) mass is 324 g/mol. The molecule has 0 spiro atoms. The van der Waals surface area contributed by atoms with E-state index in [2.05, 4.69) is 10.1 Å². The minimum absolute atomic E-state index is 0.0234. The van der Waals surface area contributed by atoms with E-state index in [4.69, 9.17) is 5.11 Å². The highest BCUT2D eigenvalue weighted by Gasteiger charge is 2.31. The molecule has 2 heterocycles. The predicted molar refractivity (Wildman–Crippen MR) is 77.4 cm³/mol. The predicted octanol–water partition coefficient (Wildman–Crippen LogP) is 0.399. The lowest BCUT2D eigenvalue weighted by molar-refractivity contribution is -0.137. The molecule has 0 unspecified atom stereocenters.